The maximum absolute atomic E-state index is 5.84. The van der Waals surface area contributed by atoms with E-state index in [0.29, 0.717) is 0 Å². The quantitative estimate of drug-likeness (QED) is 0.813. The van der Waals surface area contributed by atoms with E-state index in [-0.39, 0.29) is 5.41 Å². The first-order chi connectivity index (χ1) is 7.85. The minimum atomic E-state index is 0.192. The fraction of sp³-hybridized carbons (Fsp3) is 0.538. The van der Waals surface area contributed by atoms with Crippen LogP contribution in [0.15, 0.2) is 30.3 Å². The number of benzene rings is 1. The van der Waals surface area contributed by atoms with Gasteiger partial charge in [0.2, 0.25) is 0 Å². The summed E-state index contributed by atoms with van der Waals surface area (Å²) < 4.78 is 11.2. The Bertz CT molecular complexity index is 307. The summed E-state index contributed by atoms with van der Waals surface area (Å²) in [4.78, 5) is 0. The summed E-state index contributed by atoms with van der Waals surface area (Å²) in [6.45, 7) is 2.40. The highest BCUT2D eigenvalue weighted by Gasteiger charge is 2.32. The van der Waals surface area contributed by atoms with E-state index in [1.54, 1.807) is 0 Å². The molecule has 0 aromatic heterocycles. The Morgan fingerprint density at radius 1 is 1.19 bits per heavy atom. The molecule has 1 aromatic rings. The van der Waals surface area contributed by atoms with Crippen LogP contribution in [0.1, 0.15) is 12.8 Å². The van der Waals surface area contributed by atoms with Crippen molar-refractivity contribution in [2.24, 2.45) is 5.41 Å². The lowest BCUT2D eigenvalue weighted by Crippen LogP contribution is -2.36. The van der Waals surface area contributed by atoms with Gasteiger partial charge in [-0.2, -0.15) is 12.6 Å². The third-order valence-electron chi connectivity index (χ3n) is 3.18. The van der Waals surface area contributed by atoms with Crippen molar-refractivity contribution >= 4 is 12.6 Å². The zero-order chi connectivity index (χ0) is 11.3. The smallest absolute Gasteiger partial charge is 0.119 e. The molecule has 0 bridgehead atoms. The maximum Gasteiger partial charge on any atom is 0.119 e. The van der Waals surface area contributed by atoms with Crippen LogP contribution in [0.3, 0.4) is 0 Å². The van der Waals surface area contributed by atoms with Crippen LogP contribution in [-0.2, 0) is 4.74 Å². The third kappa shape index (κ3) is 2.92. The summed E-state index contributed by atoms with van der Waals surface area (Å²) in [6, 6.07) is 9.96. The second-order valence-corrected chi connectivity index (χ2v) is 4.69. The molecule has 88 valence electrons. The molecule has 1 aliphatic heterocycles. The minimum Gasteiger partial charge on any atom is -0.493 e. The Morgan fingerprint density at radius 3 is 2.50 bits per heavy atom. The van der Waals surface area contributed by atoms with Crippen molar-refractivity contribution in [1.82, 2.24) is 0 Å². The van der Waals surface area contributed by atoms with Crippen LogP contribution < -0.4 is 4.74 Å². The molecule has 0 N–H and O–H groups in total. The maximum atomic E-state index is 5.84. The molecule has 1 aromatic carbocycles. The first-order valence-electron chi connectivity index (χ1n) is 5.71. The number of rotatable bonds is 4. The highest BCUT2D eigenvalue weighted by atomic mass is 32.1. The van der Waals surface area contributed by atoms with Crippen molar-refractivity contribution in [3.8, 4) is 5.75 Å². The van der Waals surface area contributed by atoms with Crippen molar-refractivity contribution in [3.05, 3.63) is 30.3 Å². The summed E-state index contributed by atoms with van der Waals surface area (Å²) >= 11 is 4.46. The highest BCUT2D eigenvalue weighted by Crippen LogP contribution is 2.32. The van der Waals surface area contributed by atoms with Gasteiger partial charge in [-0.1, -0.05) is 18.2 Å². The molecule has 0 atom stereocenters. The molecule has 0 unspecified atom stereocenters. The summed E-state index contributed by atoms with van der Waals surface area (Å²) in [7, 11) is 0. The molecule has 0 aliphatic carbocycles. The molecule has 0 amide bonds. The second-order valence-electron chi connectivity index (χ2n) is 4.37. The lowest BCUT2D eigenvalue weighted by atomic mass is 9.83. The average Bonchev–Trinajstić information content (AvgIpc) is 2.39. The van der Waals surface area contributed by atoms with Gasteiger partial charge in [-0.15, -0.1) is 0 Å². The Hall–Kier alpha value is -0.670. The Labute approximate surface area is 102 Å². The predicted octanol–water partition coefficient (Wildman–Crippen LogP) is 2.79. The zero-order valence-corrected chi connectivity index (χ0v) is 10.3. The fourth-order valence-electron chi connectivity index (χ4n) is 1.91. The Morgan fingerprint density at radius 2 is 1.88 bits per heavy atom. The van der Waals surface area contributed by atoms with Crippen LogP contribution in [0.5, 0.6) is 5.75 Å². The Kier molecular flexibility index (Phi) is 4.13. The van der Waals surface area contributed by atoms with E-state index < -0.39 is 0 Å². The molecule has 0 saturated carbocycles. The van der Waals surface area contributed by atoms with E-state index in [4.69, 9.17) is 9.47 Å². The first-order valence-corrected chi connectivity index (χ1v) is 6.34. The molecule has 1 aliphatic rings. The van der Waals surface area contributed by atoms with Gasteiger partial charge in [-0.05, 0) is 30.7 Å². The van der Waals surface area contributed by atoms with Gasteiger partial charge in [0.1, 0.15) is 5.75 Å². The van der Waals surface area contributed by atoms with Gasteiger partial charge in [-0.3, -0.25) is 0 Å². The van der Waals surface area contributed by atoms with Crippen LogP contribution in [0, 0.1) is 5.41 Å². The van der Waals surface area contributed by atoms with Gasteiger partial charge in [0.15, 0.2) is 0 Å². The topological polar surface area (TPSA) is 18.5 Å². The number of para-hydroxylation sites is 1. The first kappa shape index (κ1) is 11.8. The molecule has 1 heterocycles. The van der Waals surface area contributed by atoms with Crippen LogP contribution in [0.25, 0.3) is 0 Å². The minimum absolute atomic E-state index is 0.192. The standard InChI is InChI=1S/C13H18O2S/c16-11-13(6-8-14-9-7-13)10-15-12-4-2-1-3-5-12/h1-5,16H,6-11H2. The van der Waals surface area contributed by atoms with Crippen molar-refractivity contribution in [2.75, 3.05) is 25.6 Å². The molecule has 16 heavy (non-hydrogen) atoms. The molecule has 1 fully saturated rings. The van der Waals surface area contributed by atoms with E-state index >= 15 is 0 Å². The lowest BCUT2D eigenvalue weighted by molar-refractivity contribution is 0.00311. The number of thiol groups is 1. The molecule has 0 spiro atoms. The summed E-state index contributed by atoms with van der Waals surface area (Å²) in [5.41, 5.74) is 0.192. The second kappa shape index (κ2) is 5.60. The van der Waals surface area contributed by atoms with Crippen molar-refractivity contribution < 1.29 is 9.47 Å². The van der Waals surface area contributed by atoms with E-state index in [9.17, 15) is 0 Å². The molecular formula is C13H18O2S. The highest BCUT2D eigenvalue weighted by molar-refractivity contribution is 7.80. The molecule has 3 heteroatoms. The molecule has 1 saturated heterocycles. The van der Waals surface area contributed by atoms with E-state index in [1.165, 1.54) is 0 Å². The molecular weight excluding hydrogens is 220 g/mol. The predicted molar refractivity (Wildman–Crippen MR) is 68.3 cm³/mol. The van der Waals surface area contributed by atoms with E-state index in [2.05, 4.69) is 12.6 Å². The molecule has 0 radical (unpaired) electrons. The fourth-order valence-corrected chi connectivity index (χ4v) is 2.31. The van der Waals surface area contributed by atoms with E-state index in [0.717, 1.165) is 44.2 Å². The van der Waals surface area contributed by atoms with E-state index in [1.807, 2.05) is 30.3 Å². The number of hydrogen-bond donors (Lipinski definition) is 1. The van der Waals surface area contributed by atoms with Crippen molar-refractivity contribution in [2.45, 2.75) is 12.8 Å². The number of hydrogen-bond acceptors (Lipinski definition) is 3. The molecule has 2 nitrogen and oxygen atoms in total. The lowest BCUT2D eigenvalue weighted by Gasteiger charge is -2.35. The third-order valence-corrected chi connectivity index (χ3v) is 3.85. The monoisotopic (exact) mass is 238 g/mol. The SMILES string of the molecule is SCC1(COc2ccccc2)CCOCC1. The summed E-state index contributed by atoms with van der Waals surface area (Å²) in [6.07, 6.45) is 2.09. The van der Waals surface area contributed by atoms with Gasteiger partial charge in [0, 0.05) is 18.6 Å². The summed E-state index contributed by atoms with van der Waals surface area (Å²) in [5.74, 6) is 1.80. The zero-order valence-electron chi connectivity index (χ0n) is 9.39. The van der Waals surface area contributed by atoms with Gasteiger partial charge >= 0.3 is 0 Å². The molecule has 2 rings (SSSR count). The van der Waals surface area contributed by atoms with Crippen LogP contribution in [-0.4, -0.2) is 25.6 Å². The normalized spacial score (nSPS) is 19.3. The van der Waals surface area contributed by atoms with Gasteiger partial charge in [0.25, 0.3) is 0 Å². The van der Waals surface area contributed by atoms with Gasteiger partial charge in [0.05, 0.1) is 6.61 Å². The van der Waals surface area contributed by atoms with Crippen LogP contribution in [0.2, 0.25) is 0 Å². The van der Waals surface area contributed by atoms with Crippen molar-refractivity contribution in [1.29, 1.82) is 0 Å². The van der Waals surface area contributed by atoms with Crippen molar-refractivity contribution in [3.63, 3.8) is 0 Å². The van der Waals surface area contributed by atoms with Gasteiger partial charge in [-0.25, -0.2) is 0 Å². The van der Waals surface area contributed by atoms with Crippen LogP contribution >= 0.6 is 12.6 Å². The van der Waals surface area contributed by atoms with Gasteiger partial charge < -0.3 is 9.47 Å². The van der Waals surface area contributed by atoms with Crippen LogP contribution in [0.4, 0.5) is 0 Å². The summed E-state index contributed by atoms with van der Waals surface area (Å²) in [5, 5.41) is 0. The average molecular weight is 238 g/mol. The Balaban J connectivity index is 1.92. The number of ether oxygens (including phenoxy) is 2. The largest absolute Gasteiger partial charge is 0.493 e.